The van der Waals surface area contributed by atoms with Gasteiger partial charge in [-0.15, -0.1) is 0 Å². The maximum absolute atomic E-state index is 12.1. The lowest BCUT2D eigenvalue weighted by Gasteiger charge is -2.30. The Morgan fingerprint density at radius 1 is 1.25 bits per heavy atom. The lowest BCUT2D eigenvalue weighted by molar-refractivity contribution is -0.127. The van der Waals surface area contributed by atoms with Crippen molar-refractivity contribution in [2.75, 3.05) is 26.3 Å². The van der Waals surface area contributed by atoms with E-state index in [9.17, 15) is 4.79 Å². The molecule has 0 aliphatic carbocycles. The minimum atomic E-state index is 0.124. The third-order valence-corrected chi connectivity index (χ3v) is 3.95. The fraction of sp³-hybridized carbons (Fsp3) is 0.550. The highest BCUT2D eigenvalue weighted by atomic mass is 16.6. The first-order valence-electron chi connectivity index (χ1n) is 8.99. The molecule has 2 fully saturated rings. The second-order valence-corrected chi connectivity index (χ2v) is 5.59. The molecule has 4 heteroatoms. The Labute approximate surface area is 146 Å². The van der Waals surface area contributed by atoms with Crippen LogP contribution in [0.1, 0.15) is 39.2 Å². The fourth-order valence-electron chi connectivity index (χ4n) is 2.66. The largest absolute Gasteiger partial charge is 0.397 e. The molecule has 1 N–H and O–H groups in total. The lowest BCUT2D eigenvalue weighted by atomic mass is 9.94. The van der Waals surface area contributed by atoms with Crippen LogP contribution in [0.25, 0.3) is 6.08 Å². The number of nitrogens with zero attached hydrogens (tertiary/aromatic N) is 1. The average Bonchev–Trinajstić information content (AvgIpc) is 3.48. The Bertz CT molecular complexity index is 475. The van der Waals surface area contributed by atoms with E-state index in [0.717, 1.165) is 38.1 Å². The van der Waals surface area contributed by atoms with Gasteiger partial charge in [0.1, 0.15) is 0 Å². The van der Waals surface area contributed by atoms with Gasteiger partial charge in [0.15, 0.2) is 0 Å². The number of epoxide rings is 1. The van der Waals surface area contributed by atoms with Crippen LogP contribution in [0.3, 0.4) is 0 Å². The monoisotopic (exact) mass is 333 g/mol. The van der Waals surface area contributed by atoms with E-state index in [1.54, 1.807) is 13.0 Å². The number of hydrogen-bond donors (Lipinski definition) is 1. The van der Waals surface area contributed by atoms with Gasteiger partial charge in [-0.3, -0.25) is 4.79 Å². The normalized spacial score (nSPS) is 19.8. The molecular formula is C20H31NO3. The van der Waals surface area contributed by atoms with Crippen LogP contribution in [0.15, 0.2) is 36.4 Å². The minimum absolute atomic E-state index is 0.124. The molecule has 0 aromatic heterocycles. The molecule has 0 radical (unpaired) electrons. The summed E-state index contributed by atoms with van der Waals surface area (Å²) in [5, 5.41) is 7.57. The first-order valence-corrected chi connectivity index (χ1v) is 8.99. The smallest absolute Gasteiger partial charge is 0.246 e. The van der Waals surface area contributed by atoms with Crippen molar-refractivity contribution in [3.05, 3.63) is 42.0 Å². The van der Waals surface area contributed by atoms with Gasteiger partial charge in [-0.1, -0.05) is 44.2 Å². The average molecular weight is 333 g/mol. The summed E-state index contributed by atoms with van der Waals surface area (Å²) >= 11 is 0. The van der Waals surface area contributed by atoms with Crippen LogP contribution in [0.4, 0.5) is 0 Å². The predicted molar refractivity (Wildman–Crippen MR) is 98.6 cm³/mol. The number of aliphatic hydroxyl groups is 1. The minimum Gasteiger partial charge on any atom is -0.397 e. The molecule has 2 aliphatic rings. The van der Waals surface area contributed by atoms with Gasteiger partial charge in [0, 0.05) is 25.8 Å². The van der Waals surface area contributed by atoms with Gasteiger partial charge in [0.2, 0.25) is 5.91 Å². The molecule has 24 heavy (non-hydrogen) atoms. The van der Waals surface area contributed by atoms with Crippen molar-refractivity contribution in [2.24, 2.45) is 5.92 Å². The number of aliphatic hydroxyl groups excluding tert-OH is 1. The number of carbonyl (C=O) groups is 1. The van der Waals surface area contributed by atoms with Crippen molar-refractivity contribution >= 4 is 12.0 Å². The molecule has 3 rings (SSSR count). The number of likely N-dealkylation sites (tertiary alicyclic amines) is 1. The zero-order chi connectivity index (χ0) is 17.8. The molecule has 1 aromatic carbocycles. The number of benzene rings is 1. The van der Waals surface area contributed by atoms with Crippen LogP contribution in [-0.4, -0.2) is 48.3 Å². The molecule has 2 aliphatic heterocycles. The van der Waals surface area contributed by atoms with Crippen molar-refractivity contribution in [3.63, 3.8) is 0 Å². The second kappa shape index (κ2) is 11.8. The van der Waals surface area contributed by atoms with E-state index < -0.39 is 0 Å². The zero-order valence-electron chi connectivity index (χ0n) is 15.1. The topological polar surface area (TPSA) is 53.1 Å². The van der Waals surface area contributed by atoms with Gasteiger partial charge in [-0.05, 0) is 37.3 Å². The van der Waals surface area contributed by atoms with Gasteiger partial charge >= 0.3 is 0 Å². The maximum atomic E-state index is 12.1. The summed E-state index contributed by atoms with van der Waals surface area (Å²) in [5.74, 6) is 0.793. The Hall–Kier alpha value is -1.65. The van der Waals surface area contributed by atoms with E-state index in [4.69, 9.17) is 9.84 Å². The van der Waals surface area contributed by atoms with E-state index in [-0.39, 0.29) is 12.5 Å². The number of carbonyl (C=O) groups excluding carboxylic acids is 1. The van der Waals surface area contributed by atoms with E-state index in [1.807, 2.05) is 55.2 Å². The Kier molecular flexibility index (Phi) is 10.0. The summed E-state index contributed by atoms with van der Waals surface area (Å²) < 4.78 is 5.33. The SMILES string of the molecule is CC.CCO.O=C(/C=C/c1ccccc1)N1CCC(C2CO2)CC1. The molecule has 2 heterocycles. The fourth-order valence-corrected chi connectivity index (χ4v) is 2.66. The van der Waals surface area contributed by atoms with Crippen LogP contribution >= 0.6 is 0 Å². The molecule has 1 unspecified atom stereocenters. The number of rotatable bonds is 3. The molecule has 0 saturated carbocycles. The molecule has 1 amide bonds. The van der Waals surface area contributed by atoms with E-state index in [2.05, 4.69) is 0 Å². The number of piperidine rings is 1. The standard InChI is InChI=1S/C16H19NO2.C2H6O.C2H6/c18-16(7-6-13-4-2-1-3-5-13)17-10-8-14(9-11-17)15-12-19-15;1-2-3;1-2/h1-7,14-15H,8-12H2;3H,2H2,1H3;1-2H3/b7-6+;;. The highest BCUT2D eigenvalue weighted by Crippen LogP contribution is 2.29. The van der Waals surface area contributed by atoms with Crippen LogP contribution in [0, 0.1) is 5.92 Å². The van der Waals surface area contributed by atoms with E-state index in [1.165, 1.54) is 0 Å². The zero-order valence-corrected chi connectivity index (χ0v) is 15.1. The second-order valence-electron chi connectivity index (χ2n) is 5.59. The van der Waals surface area contributed by atoms with Gasteiger partial charge in [0.05, 0.1) is 12.7 Å². The summed E-state index contributed by atoms with van der Waals surface area (Å²) in [6.07, 6.45) is 6.21. The van der Waals surface area contributed by atoms with Crippen molar-refractivity contribution in [1.29, 1.82) is 0 Å². The molecule has 1 atom stereocenters. The quantitative estimate of drug-likeness (QED) is 0.681. The molecule has 1 aromatic rings. The van der Waals surface area contributed by atoms with Gasteiger partial charge in [0.25, 0.3) is 0 Å². The molecule has 0 bridgehead atoms. The van der Waals surface area contributed by atoms with Gasteiger partial charge in [-0.25, -0.2) is 0 Å². The summed E-state index contributed by atoms with van der Waals surface area (Å²) in [6.45, 7) is 8.58. The summed E-state index contributed by atoms with van der Waals surface area (Å²) in [5.41, 5.74) is 1.07. The first-order chi connectivity index (χ1) is 11.7. The van der Waals surface area contributed by atoms with Crippen molar-refractivity contribution < 1.29 is 14.6 Å². The predicted octanol–water partition coefficient (Wildman–Crippen LogP) is 3.36. The Morgan fingerprint density at radius 2 is 1.79 bits per heavy atom. The van der Waals surface area contributed by atoms with Crippen LogP contribution in [-0.2, 0) is 9.53 Å². The highest BCUT2D eigenvalue weighted by Gasteiger charge is 2.35. The number of amides is 1. The van der Waals surface area contributed by atoms with Crippen LogP contribution < -0.4 is 0 Å². The molecule has 4 nitrogen and oxygen atoms in total. The number of hydrogen-bond acceptors (Lipinski definition) is 3. The van der Waals surface area contributed by atoms with Crippen LogP contribution in [0.5, 0.6) is 0 Å². The van der Waals surface area contributed by atoms with Gasteiger partial charge < -0.3 is 14.7 Å². The van der Waals surface area contributed by atoms with Crippen molar-refractivity contribution in [3.8, 4) is 0 Å². The lowest BCUT2D eigenvalue weighted by Crippen LogP contribution is -2.38. The molecular weight excluding hydrogens is 302 g/mol. The van der Waals surface area contributed by atoms with E-state index >= 15 is 0 Å². The maximum Gasteiger partial charge on any atom is 0.246 e. The molecule has 2 saturated heterocycles. The molecule has 134 valence electrons. The third kappa shape index (κ3) is 7.28. The van der Waals surface area contributed by atoms with Crippen molar-refractivity contribution in [2.45, 2.75) is 39.7 Å². The number of ether oxygens (including phenoxy) is 1. The summed E-state index contributed by atoms with van der Waals surface area (Å²) in [7, 11) is 0. The van der Waals surface area contributed by atoms with E-state index in [0.29, 0.717) is 12.0 Å². The highest BCUT2D eigenvalue weighted by molar-refractivity contribution is 5.91. The van der Waals surface area contributed by atoms with Crippen LogP contribution in [0.2, 0.25) is 0 Å². The molecule has 0 spiro atoms. The Morgan fingerprint density at radius 3 is 2.29 bits per heavy atom. The summed E-state index contributed by atoms with van der Waals surface area (Å²) in [6, 6.07) is 9.93. The Balaban J connectivity index is 0.000000521. The first kappa shape index (κ1) is 20.4. The summed E-state index contributed by atoms with van der Waals surface area (Å²) in [4.78, 5) is 14.0. The van der Waals surface area contributed by atoms with Crippen molar-refractivity contribution in [1.82, 2.24) is 4.90 Å². The third-order valence-electron chi connectivity index (χ3n) is 3.95. The van der Waals surface area contributed by atoms with Gasteiger partial charge in [-0.2, -0.15) is 0 Å².